The van der Waals surface area contributed by atoms with E-state index in [9.17, 15) is 0 Å². The van der Waals surface area contributed by atoms with Crippen molar-refractivity contribution >= 4 is 23.2 Å². The van der Waals surface area contributed by atoms with E-state index < -0.39 is 0 Å². The van der Waals surface area contributed by atoms with Gasteiger partial charge in [-0.15, -0.1) is 0 Å². The first-order valence-corrected chi connectivity index (χ1v) is 8.11. The van der Waals surface area contributed by atoms with Gasteiger partial charge < -0.3 is 10.1 Å². The molecule has 2 aromatic carbocycles. The van der Waals surface area contributed by atoms with Gasteiger partial charge in [0.1, 0.15) is 23.7 Å². The Morgan fingerprint density at radius 3 is 2.62 bits per heavy atom. The summed E-state index contributed by atoms with van der Waals surface area (Å²) >= 11 is 12.0. The van der Waals surface area contributed by atoms with Gasteiger partial charge in [-0.3, -0.25) is 0 Å². The normalized spacial score (nSPS) is 10.8. The zero-order chi connectivity index (χ0) is 17.1. The number of nitrogens with zero attached hydrogens (tertiary/aromatic N) is 3. The topological polar surface area (TPSA) is 52.0 Å². The van der Waals surface area contributed by atoms with Crippen LogP contribution >= 0.6 is 23.2 Å². The standard InChI is InChI=1S/C17H16Cl2N4O/c1-11-21-10-23(22-11)13-3-6-17(12(7-13)9-20-2)24-14-4-5-15(18)16(19)8-14/h3-8,10,20H,9H2,1-2H3. The highest BCUT2D eigenvalue weighted by molar-refractivity contribution is 6.42. The molecule has 0 aliphatic heterocycles. The third-order valence-electron chi connectivity index (χ3n) is 3.40. The van der Waals surface area contributed by atoms with Gasteiger partial charge in [0, 0.05) is 18.2 Å². The predicted molar refractivity (Wildman–Crippen MR) is 95.4 cm³/mol. The van der Waals surface area contributed by atoms with Crippen molar-refractivity contribution in [3.63, 3.8) is 0 Å². The van der Waals surface area contributed by atoms with Gasteiger partial charge >= 0.3 is 0 Å². The Kier molecular flexibility index (Phi) is 5.04. The number of ether oxygens (including phenoxy) is 1. The minimum atomic E-state index is 0.457. The van der Waals surface area contributed by atoms with Crippen molar-refractivity contribution in [2.24, 2.45) is 0 Å². The molecule has 0 spiro atoms. The largest absolute Gasteiger partial charge is 0.457 e. The molecule has 1 heterocycles. The molecule has 3 rings (SSSR count). The van der Waals surface area contributed by atoms with Gasteiger partial charge in [-0.05, 0) is 44.3 Å². The Morgan fingerprint density at radius 2 is 1.96 bits per heavy atom. The average molecular weight is 363 g/mol. The maximum Gasteiger partial charge on any atom is 0.147 e. The summed E-state index contributed by atoms with van der Waals surface area (Å²) in [6.07, 6.45) is 1.69. The van der Waals surface area contributed by atoms with E-state index in [1.165, 1.54) is 0 Å². The van der Waals surface area contributed by atoms with Crippen LogP contribution in [0.1, 0.15) is 11.4 Å². The monoisotopic (exact) mass is 362 g/mol. The maximum absolute atomic E-state index is 6.05. The van der Waals surface area contributed by atoms with Crippen molar-refractivity contribution < 1.29 is 4.74 Å². The van der Waals surface area contributed by atoms with Gasteiger partial charge in [-0.1, -0.05) is 23.2 Å². The molecule has 0 fully saturated rings. The summed E-state index contributed by atoms with van der Waals surface area (Å²) in [6, 6.07) is 11.0. The van der Waals surface area contributed by atoms with Crippen molar-refractivity contribution in [2.45, 2.75) is 13.5 Å². The second kappa shape index (κ2) is 7.21. The van der Waals surface area contributed by atoms with Crippen LogP contribution in [-0.2, 0) is 6.54 Å². The van der Waals surface area contributed by atoms with Crippen LogP contribution in [0.5, 0.6) is 11.5 Å². The summed E-state index contributed by atoms with van der Waals surface area (Å²) < 4.78 is 7.70. The minimum Gasteiger partial charge on any atom is -0.457 e. The molecule has 1 N–H and O–H groups in total. The maximum atomic E-state index is 6.05. The highest BCUT2D eigenvalue weighted by Crippen LogP contribution is 2.31. The van der Waals surface area contributed by atoms with E-state index in [1.807, 2.05) is 32.2 Å². The van der Waals surface area contributed by atoms with Crippen LogP contribution in [0.3, 0.4) is 0 Å². The first-order valence-electron chi connectivity index (χ1n) is 7.36. The summed E-state index contributed by atoms with van der Waals surface area (Å²) in [5.74, 6) is 2.09. The summed E-state index contributed by atoms with van der Waals surface area (Å²) in [7, 11) is 1.88. The molecular weight excluding hydrogens is 347 g/mol. The molecule has 0 bridgehead atoms. The zero-order valence-electron chi connectivity index (χ0n) is 13.3. The first-order chi connectivity index (χ1) is 11.6. The molecule has 3 aromatic rings. The SMILES string of the molecule is CNCc1cc(-n2cnc(C)n2)ccc1Oc1ccc(Cl)c(Cl)c1. The van der Waals surface area contributed by atoms with Crippen molar-refractivity contribution in [3.05, 3.63) is 64.2 Å². The lowest BCUT2D eigenvalue weighted by molar-refractivity contribution is 0.474. The molecule has 0 atom stereocenters. The quantitative estimate of drug-likeness (QED) is 0.730. The fraction of sp³-hybridized carbons (Fsp3) is 0.176. The van der Waals surface area contributed by atoms with Crippen molar-refractivity contribution in [1.82, 2.24) is 20.1 Å². The van der Waals surface area contributed by atoms with Gasteiger partial charge in [0.2, 0.25) is 0 Å². The Hall–Kier alpha value is -2.08. The summed E-state index contributed by atoms with van der Waals surface area (Å²) in [5.41, 5.74) is 1.91. The Bertz CT molecular complexity index is 864. The Morgan fingerprint density at radius 1 is 1.12 bits per heavy atom. The highest BCUT2D eigenvalue weighted by atomic mass is 35.5. The van der Waals surface area contributed by atoms with Crippen LogP contribution in [0.4, 0.5) is 0 Å². The second-order valence-electron chi connectivity index (χ2n) is 5.24. The number of halogens is 2. The van der Waals surface area contributed by atoms with E-state index in [0.717, 1.165) is 22.8 Å². The molecular formula is C17H16Cl2N4O. The van der Waals surface area contributed by atoms with Crippen molar-refractivity contribution in [1.29, 1.82) is 0 Å². The van der Waals surface area contributed by atoms with E-state index in [4.69, 9.17) is 27.9 Å². The Labute approximate surface area is 150 Å². The van der Waals surface area contributed by atoms with Gasteiger partial charge in [0.25, 0.3) is 0 Å². The van der Waals surface area contributed by atoms with Crippen molar-refractivity contribution in [2.75, 3.05) is 7.05 Å². The first kappa shape index (κ1) is 16.8. The molecule has 0 saturated heterocycles. The predicted octanol–water partition coefficient (Wildman–Crippen LogP) is 4.39. The van der Waals surface area contributed by atoms with Crippen LogP contribution in [0, 0.1) is 6.92 Å². The van der Waals surface area contributed by atoms with Gasteiger partial charge in [0.05, 0.1) is 15.7 Å². The molecule has 7 heteroatoms. The smallest absolute Gasteiger partial charge is 0.147 e. The third kappa shape index (κ3) is 3.70. The van der Waals surface area contributed by atoms with Crippen LogP contribution < -0.4 is 10.1 Å². The highest BCUT2D eigenvalue weighted by Gasteiger charge is 2.09. The summed E-state index contributed by atoms with van der Waals surface area (Å²) in [5, 5.41) is 8.43. The Balaban J connectivity index is 1.93. The number of hydrogen-bond donors (Lipinski definition) is 1. The van der Waals surface area contributed by atoms with Crippen LogP contribution in [0.15, 0.2) is 42.7 Å². The fourth-order valence-corrected chi connectivity index (χ4v) is 2.56. The van der Waals surface area contributed by atoms with E-state index in [1.54, 1.807) is 29.2 Å². The molecule has 0 amide bonds. The molecule has 5 nitrogen and oxygen atoms in total. The fourth-order valence-electron chi connectivity index (χ4n) is 2.27. The van der Waals surface area contributed by atoms with Crippen LogP contribution in [0.25, 0.3) is 5.69 Å². The molecule has 124 valence electrons. The number of benzene rings is 2. The van der Waals surface area contributed by atoms with Crippen LogP contribution in [-0.4, -0.2) is 21.8 Å². The minimum absolute atomic E-state index is 0.457. The molecule has 0 aliphatic rings. The van der Waals surface area contributed by atoms with Crippen LogP contribution in [0.2, 0.25) is 10.0 Å². The third-order valence-corrected chi connectivity index (χ3v) is 4.14. The molecule has 0 radical (unpaired) electrons. The molecule has 0 saturated carbocycles. The van der Waals surface area contributed by atoms with Gasteiger partial charge in [0.15, 0.2) is 0 Å². The van der Waals surface area contributed by atoms with E-state index in [2.05, 4.69) is 15.4 Å². The lowest BCUT2D eigenvalue weighted by atomic mass is 10.1. The van der Waals surface area contributed by atoms with Crippen molar-refractivity contribution in [3.8, 4) is 17.2 Å². The summed E-state index contributed by atoms with van der Waals surface area (Å²) in [4.78, 5) is 4.15. The van der Waals surface area contributed by atoms with Gasteiger partial charge in [-0.25, -0.2) is 9.67 Å². The average Bonchev–Trinajstić information content (AvgIpc) is 2.99. The number of aryl methyl sites for hydroxylation is 1. The number of rotatable bonds is 5. The molecule has 0 unspecified atom stereocenters. The zero-order valence-corrected chi connectivity index (χ0v) is 14.8. The number of nitrogens with one attached hydrogen (secondary N) is 1. The second-order valence-corrected chi connectivity index (χ2v) is 6.05. The molecule has 1 aromatic heterocycles. The van der Waals surface area contributed by atoms with E-state index in [0.29, 0.717) is 22.3 Å². The lowest BCUT2D eigenvalue weighted by Gasteiger charge is -2.13. The lowest BCUT2D eigenvalue weighted by Crippen LogP contribution is -2.07. The molecule has 24 heavy (non-hydrogen) atoms. The summed E-state index contributed by atoms with van der Waals surface area (Å²) in [6.45, 7) is 2.50. The number of hydrogen-bond acceptors (Lipinski definition) is 4. The molecule has 0 aliphatic carbocycles. The van der Waals surface area contributed by atoms with E-state index >= 15 is 0 Å². The van der Waals surface area contributed by atoms with Gasteiger partial charge in [-0.2, -0.15) is 5.10 Å². The number of aromatic nitrogens is 3. The van der Waals surface area contributed by atoms with E-state index in [-0.39, 0.29) is 0 Å².